The van der Waals surface area contributed by atoms with E-state index in [2.05, 4.69) is 10.2 Å². The van der Waals surface area contributed by atoms with Crippen LogP contribution in [0.25, 0.3) is 11.3 Å². The van der Waals surface area contributed by atoms with Gasteiger partial charge >= 0.3 is 6.33 Å². The molecule has 0 N–H and O–H groups in total. The van der Waals surface area contributed by atoms with Gasteiger partial charge in [0.1, 0.15) is 6.20 Å². The Labute approximate surface area is 75.1 Å². The van der Waals surface area contributed by atoms with E-state index in [4.69, 9.17) is 0 Å². The predicted molar refractivity (Wildman–Crippen MR) is 46.4 cm³/mol. The maximum atomic E-state index is 10.9. The molecule has 0 saturated heterocycles. The van der Waals surface area contributed by atoms with E-state index in [1.54, 1.807) is 0 Å². The van der Waals surface area contributed by atoms with Crippen LogP contribution >= 0.6 is 0 Å². The number of hydrogen-bond donors (Lipinski definition) is 0. The fourth-order valence-electron chi connectivity index (χ4n) is 1.06. The van der Waals surface area contributed by atoms with Crippen LogP contribution in [0, 0.1) is 5.21 Å². The SMILES string of the molecule is [O-][n+]1cnnc(-c2ccccc2)c1. The largest absolute Gasteiger partial charge is 0.711 e. The average Bonchev–Trinajstić information content (AvgIpc) is 2.19. The molecule has 4 nitrogen and oxygen atoms in total. The molecule has 1 aromatic heterocycles. The monoisotopic (exact) mass is 173 g/mol. The minimum atomic E-state index is 0.582. The van der Waals surface area contributed by atoms with Gasteiger partial charge in [-0.05, 0) is 5.10 Å². The van der Waals surface area contributed by atoms with Gasteiger partial charge in [0.25, 0.3) is 0 Å². The van der Waals surface area contributed by atoms with Crippen molar-refractivity contribution in [2.75, 3.05) is 0 Å². The van der Waals surface area contributed by atoms with Gasteiger partial charge in [-0.1, -0.05) is 30.3 Å². The zero-order chi connectivity index (χ0) is 9.10. The Balaban J connectivity index is 2.48. The van der Waals surface area contributed by atoms with E-state index in [1.165, 1.54) is 6.20 Å². The summed E-state index contributed by atoms with van der Waals surface area (Å²) in [6, 6.07) is 9.44. The van der Waals surface area contributed by atoms with E-state index in [-0.39, 0.29) is 0 Å². The van der Waals surface area contributed by atoms with Crippen LogP contribution in [0.1, 0.15) is 0 Å². The third kappa shape index (κ3) is 1.61. The highest BCUT2D eigenvalue weighted by Gasteiger charge is 2.01. The molecular formula is C9H7N3O. The number of benzene rings is 1. The quantitative estimate of drug-likeness (QED) is 0.473. The van der Waals surface area contributed by atoms with Crippen LogP contribution in [0.15, 0.2) is 42.9 Å². The van der Waals surface area contributed by atoms with Crippen LogP contribution < -0.4 is 4.73 Å². The smallest absolute Gasteiger partial charge is 0.317 e. The molecule has 13 heavy (non-hydrogen) atoms. The molecule has 0 aliphatic carbocycles. The molecule has 1 aromatic carbocycles. The van der Waals surface area contributed by atoms with Gasteiger partial charge in [0.15, 0.2) is 5.69 Å². The lowest BCUT2D eigenvalue weighted by Crippen LogP contribution is -2.26. The zero-order valence-corrected chi connectivity index (χ0v) is 6.79. The summed E-state index contributed by atoms with van der Waals surface area (Å²) in [6.45, 7) is 0. The second-order valence-corrected chi connectivity index (χ2v) is 2.57. The van der Waals surface area contributed by atoms with Crippen molar-refractivity contribution in [3.8, 4) is 11.3 Å². The number of aromatic nitrogens is 3. The third-order valence-corrected chi connectivity index (χ3v) is 1.65. The van der Waals surface area contributed by atoms with Crippen LogP contribution in [-0.2, 0) is 0 Å². The van der Waals surface area contributed by atoms with Crippen LogP contribution in [0.2, 0.25) is 0 Å². The highest BCUT2D eigenvalue weighted by molar-refractivity contribution is 5.56. The maximum absolute atomic E-state index is 10.9. The van der Waals surface area contributed by atoms with Crippen molar-refractivity contribution in [2.45, 2.75) is 0 Å². The van der Waals surface area contributed by atoms with E-state index in [0.29, 0.717) is 10.4 Å². The molecule has 2 aromatic rings. The van der Waals surface area contributed by atoms with Gasteiger partial charge in [0.2, 0.25) is 0 Å². The van der Waals surface area contributed by atoms with Gasteiger partial charge in [-0.15, -0.1) is 0 Å². The highest BCUT2D eigenvalue weighted by Crippen LogP contribution is 2.12. The molecule has 0 fully saturated rings. The molecule has 0 unspecified atom stereocenters. The van der Waals surface area contributed by atoms with Crippen molar-refractivity contribution >= 4 is 0 Å². The molecule has 0 bridgehead atoms. The van der Waals surface area contributed by atoms with Gasteiger partial charge in [0.05, 0.1) is 5.10 Å². The fourth-order valence-corrected chi connectivity index (χ4v) is 1.06. The maximum Gasteiger partial charge on any atom is 0.317 e. The summed E-state index contributed by atoms with van der Waals surface area (Å²) < 4.78 is 0.634. The minimum absolute atomic E-state index is 0.582. The molecule has 1 heterocycles. The molecule has 0 aliphatic heterocycles. The molecule has 0 radical (unpaired) electrons. The predicted octanol–water partition coefficient (Wildman–Crippen LogP) is 0.777. The zero-order valence-electron chi connectivity index (χ0n) is 6.79. The van der Waals surface area contributed by atoms with Crippen molar-refractivity contribution in [1.29, 1.82) is 0 Å². The summed E-state index contributed by atoms with van der Waals surface area (Å²) in [5.41, 5.74) is 1.47. The van der Waals surface area contributed by atoms with Crippen molar-refractivity contribution in [2.24, 2.45) is 0 Å². The Morgan fingerprint density at radius 1 is 1.15 bits per heavy atom. The lowest BCUT2D eigenvalue weighted by Gasteiger charge is -1.99. The van der Waals surface area contributed by atoms with Gasteiger partial charge in [-0.3, -0.25) is 0 Å². The Morgan fingerprint density at radius 2 is 1.92 bits per heavy atom. The topological polar surface area (TPSA) is 52.7 Å². The van der Waals surface area contributed by atoms with E-state index in [0.717, 1.165) is 11.9 Å². The van der Waals surface area contributed by atoms with Gasteiger partial charge in [0, 0.05) is 5.56 Å². The van der Waals surface area contributed by atoms with Crippen LogP contribution in [-0.4, -0.2) is 10.2 Å². The summed E-state index contributed by atoms with van der Waals surface area (Å²) in [5.74, 6) is 0. The summed E-state index contributed by atoms with van der Waals surface area (Å²) in [5, 5.41) is 18.3. The average molecular weight is 173 g/mol. The Kier molecular flexibility index (Phi) is 1.88. The van der Waals surface area contributed by atoms with Crippen molar-refractivity contribution < 1.29 is 4.73 Å². The third-order valence-electron chi connectivity index (χ3n) is 1.65. The minimum Gasteiger partial charge on any atom is -0.711 e. The molecule has 0 saturated carbocycles. The molecule has 0 amide bonds. The Morgan fingerprint density at radius 3 is 2.62 bits per heavy atom. The van der Waals surface area contributed by atoms with Crippen molar-refractivity contribution in [3.05, 3.63) is 48.1 Å². The summed E-state index contributed by atoms with van der Waals surface area (Å²) in [4.78, 5) is 0. The highest BCUT2D eigenvalue weighted by atomic mass is 16.5. The second-order valence-electron chi connectivity index (χ2n) is 2.57. The first-order valence-corrected chi connectivity index (χ1v) is 3.83. The van der Waals surface area contributed by atoms with Crippen LogP contribution in [0.4, 0.5) is 0 Å². The molecule has 2 rings (SSSR count). The van der Waals surface area contributed by atoms with Crippen LogP contribution in [0.3, 0.4) is 0 Å². The van der Waals surface area contributed by atoms with E-state index in [1.807, 2.05) is 30.3 Å². The second kappa shape index (κ2) is 3.18. The van der Waals surface area contributed by atoms with Crippen LogP contribution in [0.5, 0.6) is 0 Å². The van der Waals surface area contributed by atoms with E-state index >= 15 is 0 Å². The van der Waals surface area contributed by atoms with Gasteiger partial charge in [-0.25, -0.2) is 4.73 Å². The summed E-state index contributed by atoms with van der Waals surface area (Å²) in [6.07, 6.45) is 2.51. The Bertz CT molecular complexity index is 403. The van der Waals surface area contributed by atoms with Gasteiger partial charge in [-0.2, -0.15) is 0 Å². The lowest BCUT2D eigenvalue weighted by atomic mass is 10.2. The molecule has 0 spiro atoms. The van der Waals surface area contributed by atoms with E-state index < -0.39 is 0 Å². The number of nitrogens with zero attached hydrogens (tertiary/aromatic N) is 3. The van der Waals surface area contributed by atoms with Gasteiger partial charge < -0.3 is 5.21 Å². The van der Waals surface area contributed by atoms with Crippen molar-refractivity contribution in [1.82, 2.24) is 10.2 Å². The van der Waals surface area contributed by atoms with E-state index in [9.17, 15) is 5.21 Å². The molecular weight excluding hydrogens is 166 g/mol. The standard InChI is InChI=1S/C9H7N3O/c13-12-6-9(11-10-7-12)8-4-2-1-3-5-8/h1-7H. The molecule has 0 atom stereocenters. The first kappa shape index (κ1) is 7.67. The normalized spacial score (nSPS) is 9.85. The Hall–Kier alpha value is -1.97. The number of rotatable bonds is 1. The lowest BCUT2D eigenvalue weighted by molar-refractivity contribution is -0.609. The summed E-state index contributed by atoms with van der Waals surface area (Å²) >= 11 is 0. The molecule has 64 valence electrons. The molecule has 0 aliphatic rings. The molecule has 4 heteroatoms. The fraction of sp³-hybridized carbons (Fsp3) is 0. The first-order chi connectivity index (χ1) is 6.36. The number of hydrogen-bond acceptors (Lipinski definition) is 3. The first-order valence-electron chi connectivity index (χ1n) is 3.83. The summed E-state index contributed by atoms with van der Waals surface area (Å²) in [7, 11) is 0. The van der Waals surface area contributed by atoms with Crippen molar-refractivity contribution in [3.63, 3.8) is 0 Å².